The summed E-state index contributed by atoms with van der Waals surface area (Å²) < 4.78 is 12.1. The second kappa shape index (κ2) is 11.2. The van der Waals surface area contributed by atoms with Gasteiger partial charge in [0.15, 0.2) is 6.10 Å². The number of aliphatic hydroxyl groups excluding tert-OH is 2. The van der Waals surface area contributed by atoms with Gasteiger partial charge in [-0.25, -0.2) is 0 Å². The molecule has 172 valence electrons. The summed E-state index contributed by atoms with van der Waals surface area (Å²) in [5.74, 6) is -0.528. The molecule has 0 aliphatic carbocycles. The second-order valence-corrected chi connectivity index (χ2v) is 8.22. The summed E-state index contributed by atoms with van der Waals surface area (Å²) in [7, 11) is 0. The first-order chi connectivity index (χ1) is 16.1. The number of ether oxygens (including phenoxy) is 2. The van der Waals surface area contributed by atoms with E-state index in [-0.39, 0.29) is 19.8 Å². The number of carbonyl (C=O) groups excluding carboxylic acids is 1. The Morgan fingerprint density at radius 2 is 1.24 bits per heavy atom. The topological polar surface area (TPSA) is 79.2 Å². The summed E-state index contributed by atoms with van der Waals surface area (Å²) in [4.78, 5) is 14.6. The van der Waals surface area contributed by atoms with E-state index in [4.69, 9.17) is 9.47 Å². The predicted molar refractivity (Wildman–Crippen MR) is 124 cm³/mol. The smallest absolute Gasteiger partial charge is 0.254 e. The average Bonchev–Trinajstić information content (AvgIpc) is 2.86. The highest BCUT2D eigenvalue weighted by Crippen LogP contribution is 2.26. The number of likely N-dealkylation sites (tertiary alicyclic amines) is 1. The molecule has 1 aliphatic heterocycles. The van der Waals surface area contributed by atoms with Crippen LogP contribution in [0.3, 0.4) is 0 Å². The summed E-state index contributed by atoms with van der Waals surface area (Å²) in [6, 6.07) is 28.4. The standard InChI is InChI=1S/C27H29NO5/c29-24-25(30)27(31)28(16-20-10-4-1-5-11-20)23(19-32-17-21-12-6-2-7-13-21)26(24)33-18-22-14-8-3-9-15-22/h1-15,23-26,29-30H,16-19H2. The minimum absolute atomic E-state index is 0.163. The van der Waals surface area contributed by atoms with Crippen LogP contribution in [0, 0.1) is 0 Å². The molecule has 1 saturated heterocycles. The van der Waals surface area contributed by atoms with Gasteiger partial charge in [0.05, 0.1) is 25.9 Å². The van der Waals surface area contributed by atoms with Gasteiger partial charge in [-0.15, -0.1) is 0 Å². The Morgan fingerprint density at radius 1 is 0.727 bits per heavy atom. The summed E-state index contributed by atoms with van der Waals surface area (Å²) >= 11 is 0. The summed E-state index contributed by atoms with van der Waals surface area (Å²) in [5.41, 5.74) is 2.87. The molecule has 1 aliphatic rings. The Balaban J connectivity index is 1.55. The second-order valence-electron chi connectivity index (χ2n) is 8.22. The van der Waals surface area contributed by atoms with Gasteiger partial charge in [-0.3, -0.25) is 4.79 Å². The Labute approximate surface area is 194 Å². The Bertz CT molecular complexity index is 999. The van der Waals surface area contributed by atoms with E-state index in [1.165, 1.54) is 0 Å². The number of nitrogens with zero attached hydrogens (tertiary/aromatic N) is 1. The SMILES string of the molecule is O=C1C(O)C(O)C(OCc2ccccc2)C(COCc2ccccc2)N1Cc1ccccc1. The molecule has 1 amide bonds. The molecule has 0 saturated carbocycles. The molecule has 0 radical (unpaired) electrons. The zero-order valence-corrected chi connectivity index (χ0v) is 18.4. The van der Waals surface area contributed by atoms with Gasteiger partial charge in [0.25, 0.3) is 5.91 Å². The van der Waals surface area contributed by atoms with Crippen molar-refractivity contribution in [1.82, 2.24) is 4.90 Å². The first-order valence-electron chi connectivity index (χ1n) is 11.1. The maximum absolute atomic E-state index is 13.0. The van der Waals surface area contributed by atoms with Crippen molar-refractivity contribution >= 4 is 5.91 Å². The van der Waals surface area contributed by atoms with E-state index < -0.39 is 30.3 Å². The molecule has 0 spiro atoms. The van der Waals surface area contributed by atoms with Crippen LogP contribution >= 0.6 is 0 Å². The Hall–Kier alpha value is -3.03. The molecular weight excluding hydrogens is 418 g/mol. The van der Waals surface area contributed by atoms with E-state index in [9.17, 15) is 15.0 Å². The maximum Gasteiger partial charge on any atom is 0.254 e. The third-order valence-corrected chi connectivity index (χ3v) is 5.86. The Morgan fingerprint density at radius 3 is 1.82 bits per heavy atom. The van der Waals surface area contributed by atoms with E-state index in [1.807, 2.05) is 91.0 Å². The zero-order valence-electron chi connectivity index (χ0n) is 18.4. The maximum atomic E-state index is 13.0. The van der Waals surface area contributed by atoms with Crippen LogP contribution < -0.4 is 0 Å². The number of benzene rings is 3. The van der Waals surface area contributed by atoms with Crippen molar-refractivity contribution in [3.05, 3.63) is 108 Å². The Kier molecular flexibility index (Phi) is 7.86. The van der Waals surface area contributed by atoms with Crippen LogP contribution in [0.15, 0.2) is 91.0 Å². The van der Waals surface area contributed by atoms with E-state index in [0.29, 0.717) is 6.61 Å². The van der Waals surface area contributed by atoms with Gasteiger partial charge in [-0.05, 0) is 16.7 Å². The van der Waals surface area contributed by atoms with E-state index in [1.54, 1.807) is 4.90 Å². The molecule has 4 rings (SSSR count). The van der Waals surface area contributed by atoms with Crippen LogP contribution in [-0.2, 0) is 34.0 Å². The van der Waals surface area contributed by atoms with Crippen molar-refractivity contribution in [3.8, 4) is 0 Å². The molecule has 3 aromatic carbocycles. The average molecular weight is 448 g/mol. The number of piperidine rings is 1. The number of rotatable bonds is 9. The van der Waals surface area contributed by atoms with Crippen molar-refractivity contribution in [3.63, 3.8) is 0 Å². The quantitative estimate of drug-likeness (QED) is 0.527. The normalized spacial score (nSPS) is 23.0. The van der Waals surface area contributed by atoms with Gasteiger partial charge in [0.1, 0.15) is 12.2 Å². The molecule has 3 aromatic rings. The fraction of sp³-hybridized carbons (Fsp3) is 0.296. The zero-order chi connectivity index (χ0) is 23.0. The van der Waals surface area contributed by atoms with Gasteiger partial charge < -0.3 is 24.6 Å². The molecule has 0 aromatic heterocycles. The summed E-state index contributed by atoms with van der Waals surface area (Å²) in [6.45, 7) is 1.07. The van der Waals surface area contributed by atoms with Crippen molar-refractivity contribution in [1.29, 1.82) is 0 Å². The van der Waals surface area contributed by atoms with Crippen LogP contribution in [0.2, 0.25) is 0 Å². The highest BCUT2D eigenvalue weighted by molar-refractivity contribution is 5.83. The van der Waals surface area contributed by atoms with Crippen LogP contribution in [0.4, 0.5) is 0 Å². The van der Waals surface area contributed by atoms with E-state index in [0.717, 1.165) is 16.7 Å². The van der Waals surface area contributed by atoms with Gasteiger partial charge in [0, 0.05) is 6.54 Å². The molecule has 1 fully saturated rings. The number of amides is 1. The number of hydrogen-bond donors (Lipinski definition) is 2. The van der Waals surface area contributed by atoms with Gasteiger partial charge in [-0.2, -0.15) is 0 Å². The van der Waals surface area contributed by atoms with Gasteiger partial charge in [-0.1, -0.05) is 91.0 Å². The van der Waals surface area contributed by atoms with Crippen molar-refractivity contribution < 1.29 is 24.5 Å². The highest BCUT2D eigenvalue weighted by Gasteiger charge is 2.48. The van der Waals surface area contributed by atoms with Gasteiger partial charge in [0.2, 0.25) is 0 Å². The summed E-state index contributed by atoms with van der Waals surface area (Å²) in [6.07, 6.45) is -3.71. The lowest BCUT2D eigenvalue weighted by molar-refractivity contribution is -0.192. The number of aliphatic hydroxyl groups is 2. The first kappa shape index (κ1) is 23.1. The molecule has 4 unspecified atom stereocenters. The van der Waals surface area contributed by atoms with Crippen LogP contribution in [0.1, 0.15) is 16.7 Å². The fourth-order valence-corrected chi connectivity index (χ4v) is 4.07. The molecule has 6 nitrogen and oxygen atoms in total. The first-order valence-corrected chi connectivity index (χ1v) is 11.1. The lowest BCUT2D eigenvalue weighted by Gasteiger charge is -2.45. The lowest BCUT2D eigenvalue weighted by Crippen LogP contribution is -2.65. The fourth-order valence-electron chi connectivity index (χ4n) is 4.07. The molecule has 1 heterocycles. The number of hydrogen-bond acceptors (Lipinski definition) is 5. The van der Waals surface area contributed by atoms with E-state index in [2.05, 4.69) is 0 Å². The van der Waals surface area contributed by atoms with E-state index >= 15 is 0 Å². The highest BCUT2D eigenvalue weighted by atomic mass is 16.5. The van der Waals surface area contributed by atoms with Crippen molar-refractivity contribution in [2.24, 2.45) is 0 Å². The van der Waals surface area contributed by atoms with Crippen LogP contribution in [0.25, 0.3) is 0 Å². The third-order valence-electron chi connectivity index (χ3n) is 5.86. The van der Waals surface area contributed by atoms with Crippen molar-refractivity contribution in [2.75, 3.05) is 6.61 Å². The van der Waals surface area contributed by atoms with Gasteiger partial charge >= 0.3 is 0 Å². The molecule has 4 atom stereocenters. The minimum Gasteiger partial charge on any atom is -0.387 e. The predicted octanol–water partition coefficient (Wildman–Crippen LogP) is 2.92. The van der Waals surface area contributed by atoms with Crippen LogP contribution in [-0.4, -0.2) is 52.0 Å². The van der Waals surface area contributed by atoms with Crippen molar-refractivity contribution in [2.45, 2.75) is 44.1 Å². The van der Waals surface area contributed by atoms with Crippen LogP contribution in [0.5, 0.6) is 0 Å². The third kappa shape index (κ3) is 5.86. The molecule has 2 N–H and O–H groups in total. The minimum atomic E-state index is -1.56. The molecular formula is C27H29NO5. The number of carbonyl (C=O) groups is 1. The lowest BCUT2D eigenvalue weighted by atomic mass is 9.92. The largest absolute Gasteiger partial charge is 0.387 e. The monoisotopic (exact) mass is 447 g/mol. The molecule has 33 heavy (non-hydrogen) atoms. The molecule has 6 heteroatoms. The molecule has 0 bridgehead atoms. The summed E-state index contributed by atoms with van der Waals surface area (Å²) in [5, 5.41) is 21.3.